The van der Waals surface area contributed by atoms with Crippen molar-refractivity contribution in [1.29, 1.82) is 0 Å². The third kappa shape index (κ3) is 36.3. The Labute approximate surface area is 343 Å². The number of unbranched alkanes of at least 4 members (excludes halogenated alkanes) is 28. The fourth-order valence-corrected chi connectivity index (χ4v) is 7.81. The molecule has 0 aliphatic heterocycles. The number of carbonyl (C=O) groups excluding carboxylic acids is 3. The Kier molecular flexibility index (Phi) is 39.1. The minimum atomic E-state index is -1.11. The highest BCUT2D eigenvalue weighted by molar-refractivity contribution is 8.00. The molecule has 0 radical (unpaired) electrons. The van der Waals surface area contributed by atoms with Crippen LogP contribution in [0.4, 0.5) is 0 Å². The van der Waals surface area contributed by atoms with Crippen LogP contribution >= 0.6 is 11.8 Å². The van der Waals surface area contributed by atoms with Gasteiger partial charge >= 0.3 is 17.9 Å². The van der Waals surface area contributed by atoms with E-state index in [1.54, 1.807) is 6.92 Å². The average molecular weight is 798 g/mol. The van der Waals surface area contributed by atoms with E-state index in [4.69, 9.17) is 9.47 Å². The molecule has 324 valence electrons. The van der Waals surface area contributed by atoms with E-state index < -0.39 is 35.5 Å². The topological polar surface area (TPSA) is 119 Å². The summed E-state index contributed by atoms with van der Waals surface area (Å²) < 4.78 is 11.2. The SMILES string of the molecule is CCCCCCCCCCCCCCCCCCCCCCCC(=O)N[C@@H](CSC(C)C(OC(=O)CCCCCCC)OC(=O)CCCCCCC)C(=O)O. The predicted octanol–water partition coefficient (Wildman–Crippen LogP) is 13.4. The molecule has 0 aliphatic rings. The number of ether oxygens (including phenoxy) is 2. The first-order valence-electron chi connectivity index (χ1n) is 23.3. The molecule has 0 bridgehead atoms. The van der Waals surface area contributed by atoms with Crippen molar-refractivity contribution in [1.82, 2.24) is 5.32 Å². The summed E-state index contributed by atoms with van der Waals surface area (Å²) in [6.45, 7) is 8.32. The summed E-state index contributed by atoms with van der Waals surface area (Å²) >= 11 is 1.22. The third-order valence-electron chi connectivity index (χ3n) is 10.5. The van der Waals surface area contributed by atoms with E-state index in [1.807, 2.05) is 0 Å². The molecule has 0 spiro atoms. The normalized spacial score (nSPS) is 12.5. The first-order chi connectivity index (χ1) is 26.7. The van der Waals surface area contributed by atoms with Crippen molar-refractivity contribution in [2.75, 3.05) is 5.75 Å². The van der Waals surface area contributed by atoms with Crippen LogP contribution in [-0.2, 0) is 28.7 Å². The van der Waals surface area contributed by atoms with Crippen LogP contribution in [0.5, 0.6) is 0 Å². The molecule has 0 saturated carbocycles. The molecule has 0 aromatic carbocycles. The van der Waals surface area contributed by atoms with Gasteiger partial charge < -0.3 is 19.9 Å². The summed E-state index contributed by atoms with van der Waals surface area (Å²) in [5.74, 6) is -2.15. The Balaban J connectivity index is 4.27. The molecule has 0 fully saturated rings. The molecular formula is C46H87NO7S. The minimum Gasteiger partial charge on any atom is -0.480 e. The Morgan fingerprint density at radius 2 is 0.764 bits per heavy atom. The smallest absolute Gasteiger partial charge is 0.327 e. The Bertz CT molecular complexity index is 889. The molecule has 2 N–H and O–H groups in total. The highest BCUT2D eigenvalue weighted by atomic mass is 32.2. The van der Waals surface area contributed by atoms with Gasteiger partial charge in [0, 0.05) is 25.0 Å². The minimum absolute atomic E-state index is 0.0706. The number of hydrogen-bond donors (Lipinski definition) is 2. The van der Waals surface area contributed by atoms with E-state index in [0.29, 0.717) is 19.3 Å². The summed E-state index contributed by atoms with van der Waals surface area (Å²) in [5.41, 5.74) is 0. The zero-order valence-electron chi connectivity index (χ0n) is 36.3. The third-order valence-corrected chi connectivity index (χ3v) is 11.8. The second kappa shape index (κ2) is 40.4. The number of thioether (sulfide) groups is 1. The summed E-state index contributed by atoms with van der Waals surface area (Å²) in [4.78, 5) is 49.9. The highest BCUT2D eigenvalue weighted by Gasteiger charge is 2.29. The van der Waals surface area contributed by atoms with E-state index in [1.165, 1.54) is 127 Å². The maximum Gasteiger partial charge on any atom is 0.327 e. The van der Waals surface area contributed by atoms with Gasteiger partial charge in [0.15, 0.2) is 0 Å². The molecule has 0 aromatic heterocycles. The van der Waals surface area contributed by atoms with Crippen LogP contribution in [0.25, 0.3) is 0 Å². The lowest BCUT2D eigenvalue weighted by Gasteiger charge is -2.25. The van der Waals surface area contributed by atoms with Crippen LogP contribution < -0.4 is 5.32 Å². The number of rotatable bonds is 42. The molecule has 2 atom stereocenters. The molecule has 9 heteroatoms. The lowest BCUT2D eigenvalue weighted by molar-refractivity contribution is -0.187. The maximum absolute atomic E-state index is 12.6. The number of carboxylic acids is 1. The van der Waals surface area contributed by atoms with Crippen molar-refractivity contribution in [2.45, 2.75) is 264 Å². The van der Waals surface area contributed by atoms with Gasteiger partial charge in [-0.3, -0.25) is 14.4 Å². The van der Waals surface area contributed by atoms with Gasteiger partial charge in [0.25, 0.3) is 6.29 Å². The van der Waals surface area contributed by atoms with E-state index >= 15 is 0 Å². The Hall–Kier alpha value is -1.77. The van der Waals surface area contributed by atoms with Crippen LogP contribution in [0.15, 0.2) is 0 Å². The molecular weight excluding hydrogens is 711 g/mol. The molecule has 0 aromatic rings. The Morgan fingerprint density at radius 1 is 0.473 bits per heavy atom. The van der Waals surface area contributed by atoms with Gasteiger partial charge in [-0.25, -0.2) is 4.79 Å². The van der Waals surface area contributed by atoms with Crippen molar-refractivity contribution in [3.8, 4) is 0 Å². The molecule has 55 heavy (non-hydrogen) atoms. The number of esters is 2. The molecule has 0 rings (SSSR count). The van der Waals surface area contributed by atoms with Crippen molar-refractivity contribution in [3.05, 3.63) is 0 Å². The number of nitrogens with one attached hydrogen (secondary N) is 1. The van der Waals surface area contributed by atoms with Crippen LogP contribution in [0, 0.1) is 0 Å². The summed E-state index contributed by atoms with van der Waals surface area (Å²) in [5, 5.41) is 12.0. The van der Waals surface area contributed by atoms with Crippen LogP contribution in [0.1, 0.15) is 246 Å². The number of carbonyl (C=O) groups is 4. The van der Waals surface area contributed by atoms with E-state index in [2.05, 4.69) is 26.1 Å². The summed E-state index contributed by atoms with van der Waals surface area (Å²) in [6, 6.07) is -1.08. The van der Waals surface area contributed by atoms with Gasteiger partial charge in [0.2, 0.25) is 5.91 Å². The van der Waals surface area contributed by atoms with Crippen LogP contribution in [0.2, 0.25) is 0 Å². The largest absolute Gasteiger partial charge is 0.480 e. The molecule has 0 aliphatic carbocycles. The van der Waals surface area contributed by atoms with Crippen LogP contribution in [0.3, 0.4) is 0 Å². The summed E-state index contributed by atoms with van der Waals surface area (Å²) in [7, 11) is 0. The predicted molar refractivity (Wildman–Crippen MR) is 231 cm³/mol. The highest BCUT2D eigenvalue weighted by Crippen LogP contribution is 2.22. The van der Waals surface area contributed by atoms with E-state index in [-0.39, 0.29) is 24.5 Å². The standard InChI is InChI=1S/C46H87NO7S/c1-5-8-11-14-15-16-17-18-19-20-21-22-23-24-25-26-27-28-29-32-33-36-42(48)47-41(45(51)52)39-55-40(4)46(53-43(49)37-34-30-12-9-6-2)54-44(50)38-35-31-13-10-7-3/h40-41,46H,5-39H2,1-4H3,(H,47,48)(H,51,52)/t40?,41-/m0/s1. The lowest BCUT2D eigenvalue weighted by atomic mass is 10.0. The van der Waals surface area contributed by atoms with E-state index in [0.717, 1.165) is 70.6 Å². The quantitative estimate of drug-likeness (QED) is 0.0356. The lowest BCUT2D eigenvalue weighted by Crippen LogP contribution is -2.43. The van der Waals surface area contributed by atoms with Gasteiger partial charge in [-0.05, 0) is 26.2 Å². The monoisotopic (exact) mass is 798 g/mol. The molecule has 8 nitrogen and oxygen atoms in total. The summed E-state index contributed by atoms with van der Waals surface area (Å²) in [6.07, 6.45) is 37.0. The van der Waals surface area contributed by atoms with Crippen molar-refractivity contribution in [3.63, 3.8) is 0 Å². The fourth-order valence-electron chi connectivity index (χ4n) is 6.82. The number of amides is 1. The maximum atomic E-state index is 12.6. The van der Waals surface area contributed by atoms with E-state index in [9.17, 15) is 24.3 Å². The van der Waals surface area contributed by atoms with Crippen molar-refractivity contribution in [2.24, 2.45) is 0 Å². The second-order valence-electron chi connectivity index (χ2n) is 16.0. The van der Waals surface area contributed by atoms with Gasteiger partial charge in [0.05, 0.1) is 5.25 Å². The molecule has 1 unspecified atom stereocenters. The molecule has 0 saturated heterocycles. The Morgan fingerprint density at radius 3 is 1.07 bits per heavy atom. The molecule has 0 heterocycles. The number of hydrogen-bond acceptors (Lipinski definition) is 7. The number of carboxylic acid groups (broad SMARTS) is 1. The average Bonchev–Trinajstić information content (AvgIpc) is 3.16. The first kappa shape index (κ1) is 53.2. The van der Waals surface area contributed by atoms with Gasteiger partial charge in [-0.2, -0.15) is 0 Å². The van der Waals surface area contributed by atoms with Crippen molar-refractivity contribution < 1.29 is 33.8 Å². The fraction of sp³-hybridized carbons (Fsp3) is 0.913. The zero-order valence-corrected chi connectivity index (χ0v) is 37.1. The van der Waals surface area contributed by atoms with Crippen LogP contribution in [-0.4, -0.2) is 52.3 Å². The van der Waals surface area contributed by atoms with Gasteiger partial charge in [0.1, 0.15) is 6.04 Å². The van der Waals surface area contributed by atoms with Crippen molar-refractivity contribution >= 4 is 35.6 Å². The zero-order chi connectivity index (χ0) is 40.6. The molecule has 1 amide bonds. The first-order valence-corrected chi connectivity index (χ1v) is 24.3. The van der Waals surface area contributed by atoms with Gasteiger partial charge in [-0.1, -0.05) is 201 Å². The second-order valence-corrected chi connectivity index (χ2v) is 17.4. The van der Waals surface area contributed by atoms with Gasteiger partial charge in [-0.15, -0.1) is 11.8 Å². The number of aliphatic carboxylic acids is 1.